The minimum atomic E-state index is -0.301. The first-order chi connectivity index (χ1) is 20.7. The first-order valence-electron chi connectivity index (χ1n) is 19.0. The van der Waals surface area contributed by atoms with Crippen LogP contribution in [0.1, 0.15) is 187 Å². The van der Waals surface area contributed by atoms with Crippen molar-refractivity contribution in [3.05, 3.63) is 24.3 Å². The molecule has 246 valence electrons. The van der Waals surface area contributed by atoms with E-state index in [9.17, 15) is 0 Å². The van der Waals surface area contributed by atoms with Gasteiger partial charge in [0.05, 0.1) is 12.2 Å². The average Bonchev–Trinajstić information content (AvgIpc) is 3.35. The highest BCUT2D eigenvalue weighted by Crippen LogP contribution is 2.40. The number of allylic oxidation sites excluding steroid dienone is 4. The van der Waals surface area contributed by atoms with E-state index in [-0.39, 0.29) is 11.9 Å². The summed E-state index contributed by atoms with van der Waals surface area (Å²) in [4.78, 5) is 2.42. The maximum Gasteiger partial charge on any atom is 0.169 e. The lowest BCUT2D eigenvalue weighted by Crippen LogP contribution is -2.43. The summed E-state index contributed by atoms with van der Waals surface area (Å²) in [5.74, 6) is -0.301. The van der Waals surface area contributed by atoms with E-state index in [1.165, 1.54) is 154 Å². The van der Waals surface area contributed by atoms with Crippen molar-refractivity contribution in [3.8, 4) is 0 Å². The minimum Gasteiger partial charge on any atom is -0.344 e. The Hall–Kier alpha value is -0.640. The average molecular weight is 588 g/mol. The predicted molar refractivity (Wildman–Crippen MR) is 184 cm³/mol. The quantitative estimate of drug-likeness (QED) is 0.0671. The Morgan fingerprint density at radius 3 is 1.36 bits per heavy atom. The lowest BCUT2D eigenvalue weighted by molar-refractivity contribution is -0.185. The van der Waals surface area contributed by atoms with E-state index in [4.69, 9.17) is 9.47 Å². The lowest BCUT2D eigenvalue weighted by atomic mass is 9.98. The molecule has 2 heterocycles. The molecule has 2 rings (SSSR count). The van der Waals surface area contributed by atoms with Crippen molar-refractivity contribution >= 4 is 0 Å². The third kappa shape index (κ3) is 18.2. The summed E-state index contributed by atoms with van der Waals surface area (Å²) in [5.41, 5.74) is 0. The number of rotatable bonds is 28. The van der Waals surface area contributed by atoms with Crippen LogP contribution in [-0.2, 0) is 9.47 Å². The van der Waals surface area contributed by atoms with Gasteiger partial charge in [-0.1, -0.05) is 128 Å². The van der Waals surface area contributed by atoms with Crippen LogP contribution in [0.5, 0.6) is 0 Å². The molecule has 0 saturated carbocycles. The van der Waals surface area contributed by atoms with Gasteiger partial charge in [-0.2, -0.15) is 0 Å². The second-order valence-electron chi connectivity index (χ2n) is 13.7. The Morgan fingerprint density at radius 1 is 0.524 bits per heavy atom. The van der Waals surface area contributed by atoms with Crippen LogP contribution in [0.4, 0.5) is 0 Å². The molecule has 0 unspecified atom stereocenters. The van der Waals surface area contributed by atoms with Crippen molar-refractivity contribution in [1.29, 1.82) is 0 Å². The number of unbranched alkanes of at least 4 members (excludes halogenated alkanes) is 20. The van der Waals surface area contributed by atoms with Crippen molar-refractivity contribution < 1.29 is 9.47 Å². The molecule has 0 aromatic rings. The summed E-state index contributed by atoms with van der Waals surface area (Å²) in [5, 5.41) is 0. The smallest absolute Gasteiger partial charge is 0.169 e. The molecule has 2 atom stereocenters. The first kappa shape index (κ1) is 37.5. The van der Waals surface area contributed by atoms with Crippen LogP contribution in [0.2, 0.25) is 0 Å². The number of likely N-dealkylation sites (N-methyl/N-ethyl adjacent to an activating group) is 1. The van der Waals surface area contributed by atoms with Crippen LogP contribution in [0.15, 0.2) is 24.3 Å². The largest absolute Gasteiger partial charge is 0.344 e. The Morgan fingerprint density at radius 2 is 0.905 bits per heavy atom. The third-order valence-corrected chi connectivity index (χ3v) is 9.57. The highest BCUT2D eigenvalue weighted by atomic mass is 16.8. The summed E-state index contributed by atoms with van der Waals surface area (Å²) in [7, 11) is 2.23. The molecule has 2 fully saturated rings. The van der Waals surface area contributed by atoms with Crippen molar-refractivity contribution in [2.45, 2.75) is 205 Å². The highest BCUT2D eigenvalue weighted by Gasteiger charge is 2.48. The predicted octanol–water partition coefficient (Wildman–Crippen LogP) is 12.1. The Labute approximate surface area is 263 Å². The van der Waals surface area contributed by atoms with Gasteiger partial charge in [0.2, 0.25) is 0 Å². The van der Waals surface area contributed by atoms with E-state index < -0.39 is 0 Å². The topological polar surface area (TPSA) is 21.7 Å². The van der Waals surface area contributed by atoms with Gasteiger partial charge in [-0.3, -0.25) is 0 Å². The van der Waals surface area contributed by atoms with Crippen LogP contribution >= 0.6 is 0 Å². The number of likely N-dealkylation sites (tertiary alicyclic amines) is 1. The van der Waals surface area contributed by atoms with Gasteiger partial charge in [-0.15, -0.1) is 0 Å². The number of nitrogens with zero attached hydrogens (tertiary/aromatic N) is 1. The van der Waals surface area contributed by atoms with E-state index in [2.05, 4.69) is 50.1 Å². The van der Waals surface area contributed by atoms with Crippen LogP contribution in [0.25, 0.3) is 0 Å². The zero-order valence-electron chi connectivity index (χ0n) is 28.7. The SMILES string of the molecule is CCCCCC/C=C\CCCCCCCCC1(CCCCCCCC/C=C\CCCCCC)O[C@H]2CN(C)CC[C@H]2O1. The van der Waals surface area contributed by atoms with Gasteiger partial charge in [0, 0.05) is 25.9 Å². The standard InChI is InChI=1S/C39H73NO2/c1-4-6-8-10-12-14-16-18-20-22-24-26-28-30-33-39(41-37-32-35-40(3)36-38(37)42-39)34-31-29-27-25-23-21-19-17-15-13-11-9-7-5-2/h14-17,37-38H,4-13,18-36H2,1-3H3/b16-14-,17-15-/t37-,38+/m1/s1. The maximum atomic E-state index is 6.77. The second-order valence-corrected chi connectivity index (χ2v) is 13.7. The zero-order chi connectivity index (χ0) is 30.0. The fourth-order valence-corrected chi connectivity index (χ4v) is 6.81. The molecular formula is C39H73NO2. The van der Waals surface area contributed by atoms with Crippen LogP contribution < -0.4 is 0 Å². The van der Waals surface area contributed by atoms with E-state index in [0.717, 1.165) is 32.4 Å². The maximum absolute atomic E-state index is 6.77. The molecule has 2 saturated heterocycles. The Kier molecular flexibility index (Phi) is 22.9. The van der Waals surface area contributed by atoms with Gasteiger partial charge >= 0.3 is 0 Å². The van der Waals surface area contributed by atoms with Crippen molar-refractivity contribution in [2.75, 3.05) is 20.1 Å². The van der Waals surface area contributed by atoms with E-state index >= 15 is 0 Å². The van der Waals surface area contributed by atoms with Gasteiger partial charge in [0.25, 0.3) is 0 Å². The Balaban J connectivity index is 1.54. The molecule has 0 N–H and O–H groups in total. The van der Waals surface area contributed by atoms with Gasteiger partial charge in [-0.05, 0) is 77.7 Å². The summed E-state index contributed by atoms with van der Waals surface area (Å²) in [6, 6.07) is 0. The molecule has 0 aromatic carbocycles. The monoisotopic (exact) mass is 588 g/mol. The molecule has 3 heteroatoms. The molecule has 0 radical (unpaired) electrons. The fraction of sp³-hybridized carbons (Fsp3) is 0.897. The number of hydrogen-bond donors (Lipinski definition) is 0. The van der Waals surface area contributed by atoms with Gasteiger partial charge < -0.3 is 14.4 Å². The zero-order valence-corrected chi connectivity index (χ0v) is 28.7. The molecule has 2 aliphatic rings. The lowest BCUT2D eigenvalue weighted by Gasteiger charge is -2.29. The van der Waals surface area contributed by atoms with E-state index in [1.54, 1.807) is 0 Å². The minimum absolute atomic E-state index is 0.281. The number of piperidine rings is 1. The molecular weight excluding hydrogens is 514 g/mol. The summed E-state index contributed by atoms with van der Waals surface area (Å²) < 4.78 is 13.5. The molecule has 42 heavy (non-hydrogen) atoms. The molecule has 2 aliphatic heterocycles. The fourth-order valence-electron chi connectivity index (χ4n) is 6.81. The van der Waals surface area contributed by atoms with Crippen molar-refractivity contribution in [2.24, 2.45) is 0 Å². The van der Waals surface area contributed by atoms with Gasteiger partial charge in [-0.25, -0.2) is 0 Å². The molecule has 0 amide bonds. The molecule has 3 nitrogen and oxygen atoms in total. The van der Waals surface area contributed by atoms with Crippen molar-refractivity contribution in [3.63, 3.8) is 0 Å². The molecule has 0 aromatic heterocycles. The van der Waals surface area contributed by atoms with E-state index in [0.29, 0.717) is 6.10 Å². The summed E-state index contributed by atoms with van der Waals surface area (Å²) in [6.07, 6.45) is 45.8. The summed E-state index contributed by atoms with van der Waals surface area (Å²) in [6.45, 7) is 6.75. The second kappa shape index (κ2) is 25.7. The number of ether oxygens (including phenoxy) is 2. The third-order valence-electron chi connectivity index (χ3n) is 9.57. The van der Waals surface area contributed by atoms with Gasteiger partial charge in [0.1, 0.15) is 0 Å². The van der Waals surface area contributed by atoms with Crippen LogP contribution in [0, 0.1) is 0 Å². The van der Waals surface area contributed by atoms with Crippen LogP contribution in [0.3, 0.4) is 0 Å². The van der Waals surface area contributed by atoms with Crippen LogP contribution in [-0.4, -0.2) is 43.0 Å². The summed E-state index contributed by atoms with van der Waals surface area (Å²) >= 11 is 0. The van der Waals surface area contributed by atoms with Crippen molar-refractivity contribution in [1.82, 2.24) is 4.90 Å². The molecule has 0 bridgehead atoms. The molecule has 0 spiro atoms. The van der Waals surface area contributed by atoms with Gasteiger partial charge in [0.15, 0.2) is 5.79 Å². The molecule has 0 aliphatic carbocycles. The number of fused-ring (bicyclic) bond motifs is 1. The van der Waals surface area contributed by atoms with E-state index in [1.807, 2.05) is 0 Å². The number of hydrogen-bond acceptors (Lipinski definition) is 3. The first-order valence-corrected chi connectivity index (χ1v) is 19.0. The Bertz CT molecular complexity index is 621. The normalized spacial score (nSPS) is 20.7. The highest BCUT2D eigenvalue weighted by molar-refractivity contribution is 4.91.